The molecule has 1 heterocycles. The maximum atomic E-state index is 12.2. The maximum Gasteiger partial charge on any atom is 0.241 e. The predicted octanol–water partition coefficient (Wildman–Crippen LogP) is 2.35. The van der Waals surface area contributed by atoms with Gasteiger partial charge in [0.15, 0.2) is 0 Å². The lowest BCUT2D eigenvalue weighted by molar-refractivity contribution is 0.281. The van der Waals surface area contributed by atoms with Gasteiger partial charge >= 0.3 is 0 Å². The minimum atomic E-state index is -3.48. The summed E-state index contributed by atoms with van der Waals surface area (Å²) in [6.07, 6.45) is 4.64. The van der Waals surface area contributed by atoms with Crippen molar-refractivity contribution in [2.24, 2.45) is 11.8 Å². The molecule has 108 valence electrons. The second kappa shape index (κ2) is 6.35. The van der Waals surface area contributed by atoms with E-state index in [4.69, 9.17) is 5.11 Å². The van der Waals surface area contributed by atoms with E-state index in [0.29, 0.717) is 23.3 Å². The van der Waals surface area contributed by atoms with Gasteiger partial charge in [0, 0.05) is 11.4 Å². The molecule has 1 aromatic heterocycles. The molecule has 0 bridgehead atoms. The Morgan fingerprint density at radius 3 is 2.95 bits per heavy atom. The SMILES string of the molecule is CC1CCCC(CNS(=O)(=O)c2ccsc2CO)C1. The van der Waals surface area contributed by atoms with Crippen LogP contribution in [0.15, 0.2) is 16.3 Å². The van der Waals surface area contributed by atoms with Crippen LogP contribution < -0.4 is 4.72 Å². The van der Waals surface area contributed by atoms with Gasteiger partial charge in [0.1, 0.15) is 0 Å². The van der Waals surface area contributed by atoms with Gasteiger partial charge in [0.05, 0.1) is 11.5 Å². The normalized spacial score (nSPS) is 24.5. The number of aliphatic hydroxyl groups is 1. The zero-order chi connectivity index (χ0) is 13.9. The van der Waals surface area contributed by atoms with Crippen molar-refractivity contribution in [3.63, 3.8) is 0 Å². The first-order valence-electron chi connectivity index (χ1n) is 6.70. The predicted molar refractivity (Wildman–Crippen MR) is 76.6 cm³/mol. The van der Waals surface area contributed by atoms with Crippen LogP contribution in [0.25, 0.3) is 0 Å². The lowest BCUT2D eigenvalue weighted by Crippen LogP contribution is -2.31. The summed E-state index contributed by atoms with van der Waals surface area (Å²) < 4.78 is 27.1. The van der Waals surface area contributed by atoms with E-state index in [9.17, 15) is 8.42 Å². The summed E-state index contributed by atoms with van der Waals surface area (Å²) in [5.74, 6) is 1.13. The Labute approximate surface area is 118 Å². The molecule has 2 unspecified atom stereocenters. The molecule has 0 aromatic carbocycles. The molecule has 0 saturated heterocycles. The van der Waals surface area contributed by atoms with E-state index in [-0.39, 0.29) is 11.5 Å². The van der Waals surface area contributed by atoms with Crippen LogP contribution in [0.5, 0.6) is 0 Å². The van der Waals surface area contributed by atoms with Crippen molar-refractivity contribution in [1.82, 2.24) is 4.72 Å². The standard InChI is InChI=1S/C13H21NO3S2/c1-10-3-2-4-11(7-10)8-14-19(16,17)13-5-6-18-12(13)9-15/h5-6,10-11,14-15H,2-4,7-9H2,1H3. The van der Waals surface area contributed by atoms with Gasteiger partial charge in [-0.15, -0.1) is 11.3 Å². The fourth-order valence-corrected chi connectivity index (χ4v) is 5.14. The van der Waals surface area contributed by atoms with Gasteiger partial charge in [0.25, 0.3) is 0 Å². The first-order valence-corrected chi connectivity index (χ1v) is 9.06. The second-order valence-corrected chi connectivity index (χ2v) is 8.09. The van der Waals surface area contributed by atoms with E-state index < -0.39 is 10.0 Å². The number of sulfonamides is 1. The minimum Gasteiger partial charge on any atom is -0.391 e. The van der Waals surface area contributed by atoms with Gasteiger partial charge in [-0.1, -0.05) is 19.8 Å². The monoisotopic (exact) mass is 303 g/mol. The number of rotatable bonds is 5. The highest BCUT2D eigenvalue weighted by atomic mass is 32.2. The zero-order valence-corrected chi connectivity index (χ0v) is 12.8. The molecular weight excluding hydrogens is 282 g/mol. The van der Waals surface area contributed by atoms with Crippen molar-refractivity contribution in [3.05, 3.63) is 16.3 Å². The van der Waals surface area contributed by atoms with Crippen molar-refractivity contribution < 1.29 is 13.5 Å². The molecule has 0 aliphatic heterocycles. The molecule has 1 saturated carbocycles. The Hall–Kier alpha value is -0.430. The van der Waals surface area contributed by atoms with Gasteiger partial charge in [-0.05, 0) is 36.1 Å². The fraction of sp³-hybridized carbons (Fsp3) is 0.692. The van der Waals surface area contributed by atoms with Gasteiger partial charge in [-0.2, -0.15) is 0 Å². The zero-order valence-electron chi connectivity index (χ0n) is 11.1. The number of aliphatic hydroxyl groups excluding tert-OH is 1. The number of hydrogen-bond acceptors (Lipinski definition) is 4. The molecule has 2 N–H and O–H groups in total. The van der Waals surface area contributed by atoms with Gasteiger partial charge in [-0.3, -0.25) is 0 Å². The molecule has 6 heteroatoms. The second-order valence-electron chi connectivity index (χ2n) is 5.36. The third kappa shape index (κ3) is 3.78. The quantitative estimate of drug-likeness (QED) is 0.877. The van der Waals surface area contributed by atoms with Crippen LogP contribution in [0.4, 0.5) is 0 Å². The average Bonchev–Trinajstić information content (AvgIpc) is 2.86. The summed E-state index contributed by atoms with van der Waals surface area (Å²) in [6.45, 7) is 2.51. The van der Waals surface area contributed by atoms with Crippen LogP contribution >= 0.6 is 11.3 Å². The topological polar surface area (TPSA) is 66.4 Å². The van der Waals surface area contributed by atoms with E-state index in [2.05, 4.69) is 11.6 Å². The van der Waals surface area contributed by atoms with Crippen LogP contribution in [-0.2, 0) is 16.6 Å². The largest absolute Gasteiger partial charge is 0.391 e. The van der Waals surface area contributed by atoms with Crippen LogP contribution in [0, 0.1) is 11.8 Å². The third-order valence-electron chi connectivity index (χ3n) is 3.74. The Morgan fingerprint density at radius 2 is 2.26 bits per heavy atom. The molecule has 0 radical (unpaired) electrons. The first kappa shape index (κ1) is 15.0. The summed E-state index contributed by atoms with van der Waals surface area (Å²) in [4.78, 5) is 0.730. The first-order chi connectivity index (χ1) is 9.03. The molecule has 0 amide bonds. The van der Waals surface area contributed by atoms with Crippen LogP contribution in [0.2, 0.25) is 0 Å². The Morgan fingerprint density at radius 1 is 1.47 bits per heavy atom. The van der Waals surface area contributed by atoms with Crippen LogP contribution in [0.1, 0.15) is 37.5 Å². The molecule has 2 rings (SSSR count). The Balaban J connectivity index is 1.98. The number of nitrogens with one attached hydrogen (secondary N) is 1. The Bertz CT molecular complexity index is 510. The van der Waals surface area contributed by atoms with Crippen molar-refractivity contribution in [2.45, 2.75) is 44.1 Å². The lowest BCUT2D eigenvalue weighted by atomic mass is 9.83. The van der Waals surface area contributed by atoms with Crippen molar-refractivity contribution in [3.8, 4) is 0 Å². The van der Waals surface area contributed by atoms with E-state index in [0.717, 1.165) is 12.8 Å². The smallest absolute Gasteiger partial charge is 0.241 e. The average molecular weight is 303 g/mol. The lowest BCUT2D eigenvalue weighted by Gasteiger charge is -2.26. The highest BCUT2D eigenvalue weighted by Crippen LogP contribution is 2.28. The van der Waals surface area contributed by atoms with Crippen LogP contribution in [-0.4, -0.2) is 20.1 Å². The summed E-state index contributed by atoms with van der Waals surface area (Å²) in [7, 11) is -3.48. The molecule has 0 spiro atoms. The summed E-state index contributed by atoms with van der Waals surface area (Å²) in [6, 6.07) is 1.56. The summed E-state index contributed by atoms with van der Waals surface area (Å²) in [5.41, 5.74) is 0. The molecule has 1 aliphatic rings. The van der Waals surface area contributed by atoms with E-state index in [1.54, 1.807) is 11.4 Å². The maximum absolute atomic E-state index is 12.2. The van der Waals surface area contributed by atoms with Crippen LogP contribution in [0.3, 0.4) is 0 Å². The van der Waals surface area contributed by atoms with Crippen molar-refractivity contribution >= 4 is 21.4 Å². The van der Waals surface area contributed by atoms with Crippen molar-refractivity contribution in [1.29, 1.82) is 0 Å². The number of thiophene rings is 1. The molecule has 1 fully saturated rings. The molecule has 1 aromatic rings. The summed E-state index contributed by atoms with van der Waals surface area (Å²) >= 11 is 1.27. The fourth-order valence-electron chi connectivity index (χ4n) is 2.73. The van der Waals surface area contributed by atoms with Gasteiger partial charge in [-0.25, -0.2) is 13.1 Å². The van der Waals surface area contributed by atoms with Crippen molar-refractivity contribution in [2.75, 3.05) is 6.54 Å². The third-order valence-corrected chi connectivity index (χ3v) is 6.29. The number of hydrogen-bond donors (Lipinski definition) is 2. The molecular formula is C13H21NO3S2. The van der Waals surface area contributed by atoms with E-state index in [1.807, 2.05) is 0 Å². The van der Waals surface area contributed by atoms with Gasteiger partial charge < -0.3 is 5.11 Å². The van der Waals surface area contributed by atoms with E-state index >= 15 is 0 Å². The minimum absolute atomic E-state index is 0.226. The highest BCUT2D eigenvalue weighted by Gasteiger charge is 2.23. The summed E-state index contributed by atoms with van der Waals surface area (Å²) in [5, 5.41) is 10.8. The Kier molecular flexibility index (Phi) is 5.00. The molecule has 19 heavy (non-hydrogen) atoms. The molecule has 1 aliphatic carbocycles. The van der Waals surface area contributed by atoms with Gasteiger partial charge in [0.2, 0.25) is 10.0 Å². The molecule has 4 nitrogen and oxygen atoms in total. The van der Waals surface area contributed by atoms with E-state index in [1.165, 1.54) is 24.2 Å². The highest BCUT2D eigenvalue weighted by molar-refractivity contribution is 7.89. The molecule has 2 atom stereocenters.